The fraction of sp³-hybridized carbons (Fsp3) is 0. The molecule has 0 fully saturated rings. The van der Waals surface area contributed by atoms with Gasteiger partial charge in [0.05, 0.1) is 0 Å². The molecule has 0 spiro atoms. The van der Waals surface area contributed by atoms with Crippen molar-refractivity contribution in [3.05, 3.63) is 0 Å². The van der Waals surface area contributed by atoms with Crippen LogP contribution in [0.4, 0.5) is 0 Å². The van der Waals surface area contributed by atoms with E-state index in [1.54, 1.807) is 0 Å². The molecule has 0 saturated heterocycles. The quantitative estimate of drug-likeness (QED) is 0.404. The molecule has 0 aliphatic carbocycles. The maximum absolute atomic E-state index is 8.67. The molecule has 0 unspecified atom stereocenters. The van der Waals surface area contributed by atoms with Crippen LogP contribution in [0.25, 0.3) is 0 Å². The standard InChI is InChI=1S/AsHO3.Cu/c2-1(3)4;/h2H;/q-2;+2. The summed E-state index contributed by atoms with van der Waals surface area (Å²) in [6.07, 6.45) is 0. The molecular weight excluding hydrogens is 186 g/mol. The Bertz CT molecular complexity index is 11.6. The van der Waals surface area contributed by atoms with E-state index in [9.17, 15) is 0 Å². The van der Waals surface area contributed by atoms with E-state index in [-0.39, 0.29) is 17.1 Å². The molecule has 0 rings (SSSR count). The van der Waals surface area contributed by atoms with Crippen molar-refractivity contribution in [2.24, 2.45) is 0 Å². The molecule has 0 aliphatic heterocycles. The summed E-state index contributed by atoms with van der Waals surface area (Å²) in [5.41, 5.74) is 0. The Morgan fingerprint density at radius 2 is 1.40 bits per heavy atom. The first-order valence-electron chi connectivity index (χ1n) is 0.565. The zero-order chi connectivity index (χ0) is 3.58. The third-order valence-electron chi connectivity index (χ3n) is 0. The summed E-state index contributed by atoms with van der Waals surface area (Å²) < 4.78 is 24.4. The first-order valence-corrected chi connectivity index (χ1v) is 2.94. The van der Waals surface area contributed by atoms with Crippen molar-refractivity contribution in [3.8, 4) is 0 Å². The number of hydrogen-bond acceptors (Lipinski definition) is 3. The van der Waals surface area contributed by atoms with E-state index in [4.69, 9.17) is 12.3 Å². The zero-order valence-corrected chi connectivity index (χ0v) is 4.83. The first kappa shape index (κ1) is 9.35. The van der Waals surface area contributed by atoms with Crippen LogP contribution in [-0.2, 0) is 17.1 Å². The zero-order valence-electron chi connectivity index (χ0n) is 2.01. The minimum absolute atomic E-state index is 0. The van der Waals surface area contributed by atoms with Gasteiger partial charge in [-0.05, 0) is 0 Å². The van der Waals surface area contributed by atoms with E-state index in [0.717, 1.165) is 0 Å². The van der Waals surface area contributed by atoms with Gasteiger partial charge in [0.2, 0.25) is 0 Å². The summed E-state index contributed by atoms with van der Waals surface area (Å²) in [5.74, 6) is 0. The third kappa shape index (κ3) is 47.3. The molecular formula is HAsCuO3. The Kier molecular flexibility index (Phi) is 9.27. The Balaban J connectivity index is 0. The van der Waals surface area contributed by atoms with E-state index in [2.05, 4.69) is 0 Å². The molecule has 5 heteroatoms. The van der Waals surface area contributed by atoms with Crippen molar-refractivity contribution in [3.63, 3.8) is 0 Å². The van der Waals surface area contributed by atoms with Crippen molar-refractivity contribution in [1.82, 2.24) is 0 Å². The monoisotopic (exact) mass is 187 g/mol. The number of hydrogen-bond donors (Lipinski definition) is 1. The van der Waals surface area contributed by atoms with Crippen LogP contribution >= 0.6 is 0 Å². The molecule has 35 valence electrons. The van der Waals surface area contributed by atoms with Crippen LogP contribution in [0.3, 0.4) is 0 Å². The average molecular weight is 187 g/mol. The van der Waals surface area contributed by atoms with E-state index >= 15 is 0 Å². The van der Waals surface area contributed by atoms with Crippen LogP contribution in [-0.4, -0.2) is 19.8 Å². The van der Waals surface area contributed by atoms with E-state index in [0.29, 0.717) is 0 Å². The molecule has 0 aliphatic rings. The molecule has 0 saturated carbocycles. The van der Waals surface area contributed by atoms with E-state index in [1.165, 1.54) is 0 Å². The fourth-order valence-electron chi connectivity index (χ4n) is 0. The average Bonchev–Trinajstić information content (AvgIpc) is 0.811. The third-order valence-corrected chi connectivity index (χ3v) is 0. The van der Waals surface area contributed by atoms with Crippen LogP contribution < -0.4 is 8.19 Å². The van der Waals surface area contributed by atoms with Gasteiger partial charge in [-0.1, -0.05) is 0 Å². The van der Waals surface area contributed by atoms with Gasteiger partial charge in [0.25, 0.3) is 0 Å². The van der Waals surface area contributed by atoms with Gasteiger partial charge in [-0.15, -0.1) is 0 Å². The Morgan fingerprint density at radius 3 is 1.40 bits per heavy atom. The summed E-state index contributed by atoms with van der Waals surface area (Å²) in [4.78, 5) is 0. The van der Waals surface area contributed by atoms with Gasteiger partial charge < -0.3 is 0 Å². The second kappa shape index (κ2) is 4.96. The Labute approximate surface area is 45.4 Å². The Morgan fingerprint density at radius 1 is 1.40 bits per heavy atom. The van der Waals surface area contributed by atoms with Gasteiger partial charge in [-0.25, -0.2) is 0 Å². The van der Waals surface area contributed by atoms with Crippen LogP contribution in [0.15, 0.2) is 0 Å². The topological polar surface area (TPSA) is 66.3 Å². The summed E-state index contributed by atoms with van der Waals surface area (Å²) in [5, 5.41) is 0. The molecule has 1 N–H and O–H groups in total. The predicted octanol–water partition coefficient (Wildman–Crippen LogP) is -3.32. The second-order valence-electron chi connectivity index (χ2n) is 0.238. The van der Waals surface area contributed by atoms with Crippen LogP contribution in [0.2, 0.25) is 0 Å². The van der Waals surface area contributed by atoms with Crippen LogP contribution in [0, 0.1) is 0 Å². The number of rotatable bonds is 0. The molecule has 0 amide bonds. The van der Waals surface area contributed by atoms with Crippen molar-refractivity contribution in [1.29, 1.82) is 0 Å². The van der Waals surface area contributed by atoms with Crippen molar-refractivity contribution >= 4 is 15.7 Å². The summed E-state index contributed by atoms with van der Waals surface area (Å²) in [6.45, 7) is 0. The summed E-state index contributed by atoms with van der Waals surface area (Å²) >= 11 is -3.69. The predicted molar refractivity (Wildman–Crippen MR) is 7.97 cm³/mol. The van der Waals surface area contributed by atoms with Gasteiger partial charge in [0.1, 0.15) is 0 Å². The molecule has 0 aromatic heterocycles. The minimum atomic E-state index is -3.69. The fourth-order valence-corrected chi connectivity index (χ4v) is 0. The Hall–Kier alpha value is 0.958. The van der Waals surface area contributed by atoms with Crippen LogP contribution in [0.1, 0.15) is 0 Å². The molecule has 0 aromatic rings. The maximum atomic E-state index is 8.67. The summed E-state index contributed by atoms with van der Waals surface area (Å²) in [7, 11) is 0. The van der Waals surface area contributed by atoms with Crippen molar-refractivity contribution in [2.45, 2.75) is 0 Å². The first-order chi connectivity index (χ1) is 1.73. The molecule has 5 heavy (non-hydrogen) atoms. The molecule has 1 radical (unpaired) electrons. The van der Waals surface area contributed by atoms with Gasteiger partial charge in [0.15, 0.2) is 0 Å². The van der Waals surface area contributed by atoms with Gasteiger partial charge in [0, 0.05) is 0 Å². The molecule has 0 heterocycles. The molecule has 0 bridgehead atoms. The van der Waals surface area contributed by atoms with Crippen molar-refractivity contribution < 1.29 is 29.4 Å². The van der Waals surface area contributed by atoms with E-state index in [1.807, 2.05) is 0 Å². The molecule has 0 aromatic carbocycles. The van der Waals surface area contributed by atoms with Gasteiger partial charge in [-0.2, -0.15) is 0 Å². The summed E-state index contributed by atoms with van der Waals surface area (Å²) in [6, 6.07) is 0. The molecule has 3 nitrogen and oxygen atoms in total. The van der Waals surface area contributed by atoms with Gasteiger partial charge >= 0.3 is 45.0 Å². The molecule has 0 atom stereocenters. The second-order valence-corrected chi connectivity index (χ2v) is 1.24. The van der Waals surface area contributed by atoms with Gasteiger partial charge in [-0.3, -0.25) is 0 Å². The van der Waals surface area contributed by atoms with Crippen LogP contribution in [0.5, 0.6) is 0 Å². The SMILES string of the molecule is [Cu+2].[O-][As]([O-])O. The normalized spacial score (nSPS) is 7.20. The van der Waals surface area contributed by atoms with Crippen molar-refractivity contribution in [2.75, 3.05) is 0 Å². The van der Waals surface area contributed by atoms with E-state index < -0.39 is 15.7 Å².